The Morgan fingerprint density at radius 1 is 1.35 bits per heavy atom. The van der Waals surface area contributed by atoms with Crippen LogP contribution in [0.4, 0.5) is 0 Å². The van der Waals surface area contributed by atoms with Crippen LogP contribution in [-0.4, -0.2) is 38.3 Å². The molecule has 2 heterocycles. The largest absolute Gasteiger partial charge is 0.377 e. The van der Waals surface area contributed by atoms with E-state index in [1.165, 1.54) is 12.8 Å². The van der Waals surface area contributed by atoms with Crippen LogP contribution in [0.5, 0.6) is 0 Å². The van der Waals surface area contributed by atoms with Gasteiger partial charge in [-0.1, -0.05) is 6.92 Å². The number of hydrogen-bond donors (Lipinski definition) is 2. The lowest BCUT2D eigenvalue weighted by Gasteiger charge is -2.24. The van der Waals surface area contributed by atoms with Gasteiger partial charge in [-0.25, -0.2) is 0 Å². The van der Waals surface area contributed by atoms with Crippen LogP contribution in [0.25, 0.3) is 0 Å². The molecule has 98 valence electrons. The van der Waals surface area contributed by atoms with Crippen LogP contribution in [0.1, 0.15) is 32.6 Å². The summed E-state index contributed by atoms with van der Waals surface area (Å²) in [4.78, 5) is 12.1. The lowest BCUT2D eigenvalue weighted by molar-refractivity contribution is -0.126. The lowest BCUT2D eigenvalue weighted by atomic mass is 9.96. The molecule has 2 aliphatic rings. The second-order valence-electron chi connectivity index (χ2n) is 5.15. The van der Waals surface area contributed by atoms with E-state index in [0.29, 0.717) is 5.92 Å². The SMILES string of the molecule is CCC1OCCC1C(=O)NCC1CCNCC1. The van der Waals surface area contributed by atoms with Gasteiger partial charge in [-0.2, -0.15) is 0 Å². The molecule has 0 bridgehead atoms. The normalized spacial score (nSPS) is 30.4. The first-order chi connectivity index (χ1) is 8.31. The quantitative estimate of drug-likeness (QED) is 0.768. The van der Waals surface area contributed by atoms with Crippen molar-refractivity contribution in [3.05, 3.63) is 0 Å². The molecule has 0 aliphatic carbocycles. The van der Waals surface area contributed by atoms with Crippen molar-refractivity contribution >= 4 is 5.91 Å². The third-order valence-electron chi connectivity index (χ3n) is 3.97. The monoisotopic (exact) mass is 240 g/mol. The summed E-state index contributed by atoms with van der Waals surface area (Å²) >= 11 is 0. The minimum atomic E-state index is 0.0849. The minimum Gasteiger partial charge on any atom is -0.377 e. The molecule has 0 aromatic heterocycles. The number of piperidine rings is 1. The molecule has 4 heteroatoms. The summed E-state index contributed by atoms with van der Waals surface area (Å²) in [6, 6.07) is 0. The predicted octanol–water partition coefficient (Wildman–Crippen LogP) is 0.917. The van der Waals surface area contributed by atoms with Crippen LogP contribution in [0.15, 0.2) is 0 Å². The molecular weight excluding hydrogens is 216 g/mol. The third kappa shape index (κ3) is 3.42. The van der Waals surface area contributed by atoms with Crippen molar-refractivity contribution in [3.63, 3.8) is 0 Å². The Labute approximate surface area is 103 Å². The Kier molecular flexibility index (Phi) is 4.80. The van der Waals surface area contributed by atoms with Gasteiger partial charge in [0.1, 0.15) is 0 Å². The standard InChI is InChI=1S/C13H24N2O2/c1-2-12-11(5-8-17-12)13(16)15-9-10-3-6-14-7-4-10/h10-12,14H,2-9H2,1H3,(H,15,16). The molecule has 0 aromatic rings. The van der Waals surface area contributed by atoms with Crippen molar-refractivity contribution in [1.29, 1.82) is 0 Å². The van der Waals surface area contributed by atoms with Gasteiger partial charge in [-0.15, -0.1) is 0 Å². The van der Waals surface area contributed by atoms with Gasteiger partial charge in [0, 0.05) is 13.2 Å². The van der Waals surface area contributed by atoms with Gasteiger partial charge in [0.05, 0.1) is 12.0 Å². The molecule has 2 saturated heterocycles. The first-order valence-corrected chi connectivity index (χ1v) is 6.91. The first kappa shape index (κ1) is 12.8. The second-order valence-corrected chi connectivity index (χ2v) is 5.15. The van der Waals surface area contributed by atoms with Crippen molar-refractivity contribution in [2.75, 3.05) is 26.2 Å². The highest BCUT2D eigenvalue weighted by atomic mass is 16.5. The van der Waals surface area contributed by atoms with Crippen LogP contribution in [0, 0.1) is 11.8 Å². The smallest absolute Gasteiger partial charge is 0.225 e. The molecule has 2 atom stereocenters. The number of hydrogen-bond acceptors (Lipinski definition) is 3. The zero-order valence-electron chi connectivity index (χ0n) is 10.7. The van der Waals surface area contributed by atoms with E-state index in [2.05, 4.69) is 17.6 Å². The van der Waals surface area contributed by atoms with E-state index in [4.69, 9.17) is 4.74 Å². The summed E-state index contributed by atoms with van der Waals surface area (Å²) in [5.41, 5.74) is 0. The fourth-order valence-electron chi connectivity index (χ4n) is 2.81. The summed E-state index contributed by atoms with van der Waals surface area (Å²) in [5.74, 6) is 0.942. The van der Waals surface area contributed by atoms with Crippen molar-refractivity contribution in [2.24, 2.45) is 11.8 Å². The molecule has 0 saturated carbocycles. The van der Waals surface area contributed by atoms with Crippen LogP contribution in [-0.2, 0) is 9.53 Å². The molecule has 17 heavy (non-hydrogen) atoms. The molecule has 2 rings (SSSR count). The summed E-state index contributed by atoms with van der Waals surface area (Å²) < 4.78 is 5.56. The summed E-state index contributed by atoms with van der Waals surface area (Å²) in [7, 11) is 0. The summed E-state index contributed by atoms with van der Waals surface area (Å²) in [6.07, 6.45) is 4.32. The zero-order chi connectivity index (χ0) is 12.1. The summed E-state index contributed by atoms with van der Waals surface area (Å²) in [6.45, 7) is 5.84. The first-order valence-electron chi connectivity index (χ1n) is 6.91. The zero-order valence-corrected chi connectivity index (χ0v) is 10.7. The van der Waals surface area contributed by atoms with Crippen LogP contribution in [0.2, 0.25) is 0 Å². The Morgan fingerprint density at radius 3 is 2.82 bits per heavy atom. The fraction of sp³-hybridized carbons (Fsp3) is 0.923. The average molecular weight is 240 g/mol. The van der Waals surface area contributed by atoms with Gasteiger partial charge in [0.25, 0.3) is 0 Å². The number of rotatable bonds is 4. The third-order valence-corrected chi connectivity index (χ3v) is 3.97. The van der Waals surface area contributed by atoms with Crippen molar-refractivity contribution in [1.82, 2.24) is 10.6 Å². The predicted molar refractivity (Wildman–Crippen MR) is 66.7 cm³/mol. The molecule has 0 radical (unpaired) electrons. The van der Waals surface area contributed by atoms with E-state index in [-0.39, 0.29) is 17.9 Å². The van der Waals surface area contributed by atoms with Crippen molar-refractivity contribution in [2.45, 2.75) is 38.7 Å². The molecule has 2 fully saturated rings. The van der Waals surface area contributed by atoms with E-state index in [0.717, 1.165) is 39.1 Å². The number of ether oxygens (including phenoxy) is 1. The fourth-order valence-corrected chi connectivity index (χ4v) is 2.81. The molecule has 2 unspecified atom stereocenters. The van der Waals surface area contributed by atoms with Gasteiger partial charge in [0.2, 0.25) is 5.91 Å². The highest BCUT2D eigenvalue weighted by Gasteiger charge is 2.32. The maximum Gasteiger partial charge on any atom is 0.225 e. The Bertz CT molecular complexity index is 252. The molecule has 0 spiro atoms. The van der Waals surface area contributed by atoms with Crippen LogP contribution in [0.3, 0.4) is 0 Å². The van der Waals surface area contributed by atoms with E-state index in [1.807, 2.05) is 0 Å². The van der Waals surface area contributed by atoms with Crippen molar-refractivity contribution in [3.8, 4) is 0 Å². The van der Waals surface area contributed by atoms with Gasteiger partial charge >= 0.3 is 0 Å². The maximum absolute atomic E-state index is 12.1. The number of carbonyl (C=O) groups is 1. The molecule has 4 nitrogen and oxygen atoms in total. The highest BCUT2D eigenvalue weighted by molar-refractivity contribution is 5.79. The van der Waals surface area contributed by atoms with Gasteiger partial charge in [-0.3, -0.25) is 4.79 Å². The molecule has 1 amide bonds. The Balaban J connectivity index is 1.72. The number of amides is 1. The maximum atomic E-state index is 12.1. The molecule has 2 N–H and O–H groups in total. The second kappa shape index (κ2) is 6.36. The van der Waals surface area contributed by atoms with E-state index < -0.39 is 0 Å². The van der Waals surface area contributed by atoms with Crippen LogP contribution >= 0.6 is 0 Å². The number of nitrogens with one attached hydrogen (secondary N) is 2. The van der Waals surface area contributed by atoms with Gasteiger partial charge < -0.3 is 15.4 Å². The molecule has 0 aromatic carbocycles. The molecular formula is C13H24N2O2. The topological polar surface area (TPSA) is 50.4 Å². The Hall–Kier alpha value is -0.610. The summed E-state index contributed by atoms with van der Waals surface area (Å²) in [5, 5.41) is 6.45. The van der Waals surface area contributed by atoms with Crippen molar-refractivity contribution < 1.29 is 9.53 Å². The lowest BCUT2D eigenvalue weighted by Crippen LogP contribution is -2.40. The number of carbonyl (C=O) groups excluding carboxylic acids is 1. The minimum absolute atomic E-state index is 0.0849. The van der Waals surface area contributed by atoms with Gasteiger partial charge in [0.15, 0.2) is 0 Å². The van der Waals surface area contributed by atoms with E-state index in [9.17, 15) is 4.79 Å². The van der Waals surface area contributed by atoms with E-state index >= 15 is 0 Å². The van der Waals surface area contributed by atoms with E-state index in [1.54, 1.807) is 0 Å². The highest BCUT2D eigenvalue weighted by Crippen LogP contribution is 2.23. The van der Waals surface area contributed by atoms with Crippen LogP contribution < -0.4 is 10.6 Å². The molecule has 2 aliphatic heterocycles. The Morgan fingerprint density at radius 2 is 2.12 bits per heavy atom. The average Bonchev–Trinajstić information content (AvgIpc) is 2.85. The van der Waals surface area contributed by atoms with Gasteiger partial charge in [-0.05, 0) is 44.7 Å².